The predicted molar refractivity (Wildman–Crippen MR) is 96.0 cm³/mol. The third-order valence-electron chi connectivity index (χ3n) is 4.22. The van der Waals surface area contributed by atoms with E-state index >= 15 is 0 Å². The molecule has 0 spiro atoms. The van der Waals surface area contributed by atoms with Gasteiger partial charge in [-0.05, 0) is 25.6 Å². The van der Waals surface area contributed by atoms with Crippen molar-refractivity contribution < 1.29 is 13.2 Å². The number of likely N-dealkylation sites (N-methyl/N-ethyl adjacent to an activating group) is 1. The highest BCUT2D eigenvalue weighted by atomic mass is 32.2. The van der Waals surface area contributed by atoms with E-state index < -0.39 is 9.84 Å². The number of amides is 1. The van der Waals surface area contributed by atoms with Crippen LogP contribution < -0.4 is 5.32 Å². The Morgan fingerprint density at radius 2 is 2.21 bits per heavy atom. The van der Waals surface area contributed by atoms with Crippen LogP contribution in [0.3, 0.4) is 0 Å². The van der Waals surface area contributed by atoms with E-state index in [1.807, 2.05) is 29.2 Å². The van der Waals surface area contributed by atoms with E-state index in [4.69, 9.17) is 0 Å². The van der Waals surface area contributed by atoms with Crippen LogP contribution >= 0.6 is 11.3 Å². The summed E-state index contributed by atoms with van der Waals surface area (Å²) in [6.45, 7) is 0.759. The molecule has 0 bridgehead atoms. The maximum Gasteiger partial charge on any atom is 0.234 e. The van der Waals surface area contributed by atoms with Gasteiger partial charge < -0.3 is 5.32 Å². The lowest BCUT2D eigenvalue weighted by molar-refractivity contribution is -0.122. The van der Waals surface area contributed by atoms with Gasteiger partial charge in [-0.3, -0.25) is 9.69 Å². The number of hydrogen-bond acceptors (Lipinski definition) is 6. The summed E-state index contributed by atoms with van der Waals surface area (Å²) in [6.07, 6.45) is 1.31. The van der Waals surface area contributed by atoms with Gasteiger partial charge in [-0.2, -0.15) is 0 Å². The number of nitrogens with zero attached hydrogens (tertiary/aromatic N) is 2. The van der Waals surface area contributed by atoms with Crippen LogP contribution in [-0.2, 0) is 21.1 Å². The molecule has 1 aromatic carbocycles. The summed E-state index contributed by atoms with van der Waals surface area (Å²) in [4.78, 5) is 18.4. The first-order valence-electron chi connectivity index (χ1n) is 7.95. The van der Waals surface area contributed by atoms with Gasteiger partial charge in [0.1, 0.15) is 0 Å². The number of aromatic nitrogens is 1. The number of carbonyl (C=O) groups is 1. The van der Waals surface area contributed by atoms with Gasteiger partial charge in [-0.15, -0.1) is 11.3 Å². The highest BCUT2D eigenvalue weighted by Crippen LogP contribution is 2.21. The van der Waals surface area contributed by atoms with Crippen molar-refractivity contribution in [3.05, 3.63) is 29.3 Å². The van der Waals surface area contributed by atoms with Gasteiger partial charge in [0.05, 0.1) is 33.3 Å². The quantitative estimate of drug-likeness (QED) is 0.826. The molecule has 0 aliphatic carbocycles. The molecule has 1 unspecified atom stereocenters. The summed E-state index contributed by atoms with van der Waals surface area (Å²) in [5, 5.41) is 3.89. The lowest BCUT2D eigenvalue weighted by Gasteiger charge is -2.22. The van der Waals surface area contributed by atoms with E-state index in [2.05, 4.69) is 10.3 Å². The lowest BCUT2D eigenvalue weighted by atomic mass is 10.2. The fourth-order valence-electron chi connectivity index (χ4n) is 2.87. The monoisotopic (exact) mass is 367 g/mol. The van der Waals surface area contributed by atoms with Crippen LogP contribution in [0.2, 0.25) is 0 Å². The first kappa shape index (κ1) is 17.3. The molecular weight excluding hydrogens is 346 g/mol. The average Bonchev–Trinajstić information content (AvgIpc) is 3.09. The molecule has 3 rings (SSSR count). The zero-order chi connectivity index (χ0) is 17.2. The molecule has 1 aliphatic heterocycles. The van der Waals surface area contributed by atoms with Crippen molar-refractivity contribution >= 4 is 37.3 Å². The molecule has 1 saturated heterocycles. The summed E-state index contributed by atoms with van der Waals surface area (Å²) in [7, 11) is -1.12. The van der Waals surface area contributed by atoms with E-state index in [1.165, 1.54) is 0 Å². The maximum absolute atomic E-state index is 12.0. The van der Waals surface area contributed by atoms with Crippen LogP contribution in [0.4, 0.5) is 0 Å². The number of fused-ring (bicyclic) bond motifs is 1. The number of para-hydroxylation sites is 1. The second-order valence-electron chi connectivity index (χ2n) is 6.15. The minimum Gasteiger partial charge on any atom is -0.355 e. The third kappa shape index (κ3) is 4.31. The van der Waals surface area contributed by atoms with Crippen molar-refractivity contribution in [2.24, 2.45) is 0 Å². The summed E-state index contributed by atoms with van der Waals surface area (Å²) in [6, 6.07) is 7.93. The molecule has 24 heavy (non-hydrogen) atoms. The average molecular weight is 367 g/mol. The Labute approximate surface area is 145 Å². The first-order valence-corrected chi connectivity index (χ1v) is 10.6. The largest absolute Gasteiger partial charge is 0.355 e. The zero-order valence-electron chi connectivity index (χ0n) is 13.6. The molecule has 1 atom stereocenters. The molecule has 8 heteroatoms. The fourth-order valence-corrected chi connectivity index (χ4v) is 5.64. The van der Waals surface area contributed by atoms with Crippen LogP contribution in [-0.4, -0.2) is 61.9 Å². The van der Waals surface area contributed by atoms with Crippen LogP contribution in [0.25, 0.3) is 10.2 Å². The van der Waals surface area contributed by atoms with Crippen molar-refractivity contribution in [2.45, 2.75) is 18.9 Å². The topological polar surface area (TPSA) is 79.4 Å². The molecule has 1 aliphatic rings. The normalized spacial score (nSPS) is 19.8. The first-order chi connectivity index (χ1) is 11.4. The van der Waals surface area contributed by atoms with Gasteiger partial charge in [-0.25, -0.2) is 13.4 Å². The Bertz CT molecular complexity index is 799. The molecule has 0 radical (unpaired) electrons. The van der Waals surface area contributed by atoms with Crippen molar-refractivity contribution in [1.82, 2.24) is 15.2 Å². The lowest BCUT2D eigenvalue weighted by Crippen LogP contribution is -2.41. The molecule has 130 valence electrons. The molecular formula is C16H21N3O3S2. The van der Waals surface area contributed by atoms with E-state index in [9.17, 15) is 13.2 Å². The Balaban J connectivity index is 1.44. The Hall–Kier alpha value is -1.51. The number of nitrogens with one attached hydrogen (secondary N) is 1. The number of rotatable bonds is 6. The molecule has 1 fully saturated rings. The van der Waals surface area contributed by atoms with E-state index in [0.29, 0.717) is 19.4 Å². The van der Waals surface area contributed by atoms with E-state index in [-0.39, 0.29) is 30.0 Å². The van der Waals surface area contributed by atoms with Crippen molar-refractivity contribution in [3.8, 4) is 0 Å². The molecule has 1 N–H and O–H groups in total. The summed E-state index contributed by atoms with van der Waals surface area (Å²) < 4.78 is 24.2. The zero-order valence-corrected chi connectivity index (χ0v) is 15.2. The van der Waals surface area contributed by atoms with Crippen LogP contribution in [0, 0.1) is 0 Å². The summed E-state index contributed by atoms with van der Waals surface area (Å²) >= 11 is 1.64. The number of hydrogen-bond donors (Lipinski definition) is 1. The van der Waals surface area contributed by atoms with Crippen LogP contribution in [0.1, 0.15) is 11.4 Å². The second-order valence-corrected chi connectivity index (χ2v) is 9.49. The third-order valence-corrected chi connectivity index (χ3v) is 7.07. The smallest absolute Gasteiger partial charge is 0.234 e. The second kappa shape index (κ2) is 7.16. The molecule has 2 aromatic rings. The number of thiazole rings is 1. The maximum atomic E-state index is 12.0. The van der Waals surface area contributed by atoms with Gasteiger partial charge in [0.2, 0.25) is 5.91 Å². The highest BCUT2D eigenvalue weighted by molar-refractivity contribution is 7.91. The van der Waals surface area contributed by atoms with Gasteiger partial charge in [0.15, 0.2) is 9.84 Å². The Morgan fingerprint density at radius 1 is 1.42 bits per heavy atom. The minimum atomic E-state index is -2.92. The predicted octanol–water partition coefficient (Wildman–Crippen LogP) is 1.07. The van der Waals surface area contributed by atoms with E-state index in [0.717, 1.165) is 15.2 Å². The van der Waals surface area contributed by atoms with Gasteiger partial charge in [-0.1, -0.05) is 12.1 Å². The summed E-state index contributed by atoms with van der Waals surface area (Å²) in [5.74, 6) is 0.298. The molecule has 1 aromatic heterocycles. The number of carbonyl (C=O) groups excluding carboxylic acids is 1. The van der Waals surface area contributed by atoms with Crippen molar-refractivity contribution in [3.63, 3.8) is 0 Å². The molecule has 0 saturated carbocycles. The van der Waals surface area contributed by atoms with Gasteiger partial charge >= 0.3 is 0 Å². The standard InChI is InChI=1S/C16H21N3O3S2/c1-19(12-7-9-24(21,22)11-12)10-15(20)17-8-6-16-18-13-4-2-3-5-14(13)23-16/h2-5,12H,6-11H2,1H3,(H,17,20). The SMILES string of the molecule is CN(CC(=O)NCCc1nc2ccccc2s1)C1CCS(=O)(=O)C1. The Morgan fingerprint density at radius 3 is 2.92 bits per heavy atom. The van der Waals surface area contributed by atoms with Crippen molar-refractivity contribution in [2.75, 3.05) is 31.6 Å². The van der Waals surface area contributed by atoms with Crippen LogP contribution in [0.5, 0.6) is 0 Å². The number of benzene rings is 1. The van der Waals surface area contributed by atoms with Gasteiger partial charge in [0.25, 0.3) is 0 Å². The molecule has 2 heterocycles. The van der Waals surface area contributed by atoms with E-state index in [1.54, 1.807) is 18.4 Å². The van der Waals surface area contributed by atoms with Gasteiger partial charge in [0, 0.05) is 19.0 Å². The van der Waals surface area contributed by atoms with Crippen LogP contribution in [0.15, 0.2) is 24.3 Å². The fraction of sp³-hybridized carbons (Fsp3) is 0.500. The molecule has 1 amide bonds. The minimum absolute atomic E-state index is 0.0509. The number of sulfone groups is 1. The Kier molecular flexibility index (Phi) is 5.17. The summed E-state index contributed by atoms with van der Waals surface area (Å²) in [5.41, 5.74) is 0.992. The molecule has 6 nitrogen and oxygen atoms in total. The highest BCUT2D eigenvalue weighted by Gasteiger charge is 2.31. The van der Waals surface area contributed by atoms with Crippen molar-refractivity contribution in [1.29, 1.82) is 0 Å².